The molecule has 2 aromatic rings. The van der Waals surface area contributed by atoms with Gasteiger partial charge in [-0.3, -0.25) is 5.41 Å². The van der Waals surface area contributed by atoms with E-state index in [-0.39, 0.29) is 11.7 Å². The van der Waals surface area contributed by atoms with Crippen LogP contribution in [0.5, 0.6) is 11.5 Å². The van der Waals surface area contributed by atoms with Gasteiger partial charge < -0.3 is 10.5 Å². The Morgan fingerprint density at radius 2 is 2.00 bits per heavy atom. The zero-order valence-electron chi connectivity index (χ0n) is 10.2. The van der Waals surface area contributed by atoms with Crippen LogP contribution in [-0.2, 0) is 0 Å². The van der Waals surface area contributed by atoms with Gasteiger partial charge in [-0.05, 0) is 58.7 Å². The Morgan fingerprint density at radius 1 is 1.26 bits per heavy atom. The van der Waals surface area contributed by atoms with Crippen LogP contribution in [0.3, 0.4) is 0 Å². The fourth-order valence-corrected chi connectivity index (χ4v) is 2.26. The van der Waals surface area contributed by atoms with Crippen LogP contribution < -0.4 is 10.5 Å². The second-order valence-corrected chi connectivity index (χ2v) is 4.89. The molecule has 0 heterocycles. The Morgan fingerprint density at radius 3 is 2.63 bits per heavy atom. The monoisotopic (exact) mass is 322 g/mol. The molecule has 0 aliphatic rings. The Kier molecular flexibility index (Phi) is 3.85. The summed E-state index contributed by atoms with van der Waals surface area (Å²) in [6, 6.07) is 9.54. The lowest BCUT2D eigenvalue weighted by Crippen LogP contribution is -2.13. The Balaban J connectivity index is 2.44. The van der Waals surface area contributed by atoms with Crippen LogP contribution in [0.25, 0.3) is 0 Å². The molecule has 0 fully saturated rings. The van der Waals surface area contributed by atoms with E-state index in [0.29, 0.717) is 27.1 Å². The minimum Gasteiger partial charge on any atom is -0.456 e. The highest BCUT2D eigenvalue weighted by Crippen LogP contribution is 2.31. The molecule has 2 rings (SSSR count). The van der Waals surface area contributed by atoms with Crippen LogP contribution in [0.2, 0.25) is 0 Å². The number of rotatable bonds is 3. The smallest absolute Gasteiger partial charge is 0.139 e. The molecule has 19 heavy (non-hydrogen) atoms. The van der Waals surface area contributed by atoms with Crippen molar-refractivity contribution in [3.8, 4) is 11.5 Å². The van der Waals surface area contributed by atoms with Crippen LogP contribution >= 0.6 is 15.9 Å². The summed E-state index contributed by atoms with van der Waals surface area (Å²) in [5.41, 5.74) is 6.70. The van der Waals surface area contributed by atoms with Crippen molar-refractivity contribution in [3.05, 3.63) is 57.8 Å². The third kappa shape index (κ3) is 2.93. The summed E-state index contributed by atoms with van der Waals surface area (Å²) in [5, 5.41) is 7.58. The van der Waals surface area contributed by atoms with E-state index in [1.54, 1.807) is 31.2 Å². The van der Waals surface area contributed by atoms with Crippen molar-refractivity contribution >= 4 is 21.8 Å². The molecule has 0 aliphatic carbocycles. The first-order valence-corrected chi connectivity index (χ1v) is 6.35. The number of benzene rings is 2. The van der Waals surface area contributed by atoms with Crippen LogP contribution in [-0.4, -0.2) is 5.84 Å². The number of aryl methyl sites for hydroxylation is 1. The molecule has 0 spiro atoms. The summed E-state index contributed by atoms with van der Waals surface area (Å²) in [4.78, 5) is 0. The van der Waals surface area contributed by atoms with Gasteiger partial charge in [-0.1, -0.05) is 6.07 Å². The number of halogens is 2. The quantitative estimate of drug-likeness (QED) is 0.663. The Bertz CT molecular complexity index is 643. The van der Waals surface area contributed by atoms with E-state index in [0.717, 1.165) is 0 Å². The van der Waals surface area contributed by atoms with Gasteiger partial charge >= 0.3 is 0 Å². The molecule has 3 N–H and O–H groups in total. The maximum Gasteiger partial charge on any atom is 0.139 e. The summed E-state index contributed by atoms with van der Waals surface area (Å²) >= 11 is 3.33. The maximum absolute atomic E-state index is 13.0. The highest BCUT2D eigenvalue weighted by atomic mass is 79.9. The Labute approximate surface area is 118 Å². The zero-order valence-corrected chi connectivity index (χ0v) is 11.8. The molecule has 0 aromatic heterocycles. The lowest BCUT2D eigenvalue weighted by molar-refractivity contribution is 0.475. The van der Waals surface area contributed by atoms with Gasteiger partial charge in [0.2, 0.25) is 0 Å². The first kappa shape index (κ1) is 13.5. The standard InChI is InChI=1S/C14H12BrFN2O/c1-8-7-9(16)5-6-11(8)19-12-4-2-3-10(15)13(12)14(17)18/h2-7H,1H3,(H3,17,18). The number of amidine groups is 1. The van der Waals surface area contributed by atoms with Gasteiger partial charge in [0, 0.05) is 4.47 Å². The number of nitrogens with one attached hydrogen (secondary N) is 1. The molecular formula is C14H12BrFN2O. The van der Waals surface area contributed by atoms with Gasteiger partial charge in [0.05, 0.1) is 5.56 Å². The number of hydrogen-bond acceptors (Lipinski definition) is 2. The number of hydrogen-bond donors (Lipinski definition) is 2. The van der Waals surface area contributed by atoms with Gasteiger partial charge in [0.15, 0.2) is 0 Å². The molecule has 0 atom stereocenters. The first-order valence-electron chi connectivity index (χ1n) is 5.56. The zero-order chi connectivity index (χ0) is 14.0. The van der Waals surface area contributed by atoms with E-state index in [1.807, 2.05) is 0 Å². The van der Waals surface area contributed by atoms with E-state index >= 15 is 0 Å². The molecule has 3 nitrogen and oxygen atoms in total. The van der Waals surface area contributed by atoms with Crippen molar-refractivity contribution < 1.29 is 9.13 Å². The fraction of sp³-hybridized carbons (Fsp3) is 0.0714. The van der Waals surface area contributed by atoms with Crippen LogP contribution in [0.4, 0.5) is 4.39 Å². The summed E-state index contributed by atoms with van der Waals surface area (Å²) in [7, 11) is 0. The predicted molar refractivity (Wildman–Crippen MR) is 76.4 cm³/mol. The van der Waals surface area contributed by atoms with Gasteiger partial charge in [0.1, 0.15) is 23.2 Å². The SMILES string of the molecule is Cc1cc(F)ccc1Oc1cccc(Br)c1C(=N)N. The second kappa shape index (κ2) is 5.40. The number of ether oxygens (including phenoxy) is 1. The van der Waals surface area contributed by atoms with Crippen molar-refractivity contribution in [1.29, 1.82) is 5.41 Å². The molecule has 0 aliphatic heterocycles. The van der Waals surface area contributed by atoms with E-state index in [1.165, 1.54) is 12.1 Å². The molecule has 0 bridgehead atoms. The van der Waals surface area contributed by atoms with Crippen molar-refractivity contribution in [3.63, 3.8) is 0 Å². The number of nitrogen functional groups attached to an aromatic ring is 1. The minimum absolute atomic E-state index is 0.0951. The highest BCUT2D eigenvalue weighted by molar-refractivity contribution is 9.10. The van der Waals surface area contributed by atoms with Crippen molar-refractivity contribution in [1.82, 2.24) is 0 Å². The molecule has 2 aromatic carbocycles. The van der Waals surface area contributed by atoms with Crippen molar-refractivity contribution in [2.24, 2.45) is 5.73 Å². The predicted octanol–water partition coefficient (Wildman–Crippen LogP) is 3.97. The molecule has 5 heteroatoms. The summed E-state index contributed by atoms with van der Waals surface area (Å²) in [6.45, 7) is 1.75. The largest absolute Gasteiger partial charge is 0.456 e. The molecule has 0 unspecified atom stereocenters. The lowest BCUT2D eigenvalue weighted by Gasteiger charge is -2.13. The molecular weight excluding hydrogens is 311 g/mol. The molecule has 0 radical (unpaired) electrons. The molecule has 0 amide bonds. The van der Waals surface area contributed by atoms with Gasteiger partial charge in [-0.25, -0.2) is 4.39 Å². The van der Waals surface area contributed by atoms with Gasteiger partial charge in [0.25, 0.3) is 0 Å². The summed E-state index contributed by atoms with van der Waals surface area (Å²) < 4.78 is 19.4. The van der Waals surface area contributed by atoms with E-state index in [2.05, 4.69) is 15.9 Å². The minimum atomic E-state index is -0.314. The van der Waals surface area contributed by atoms with Crippen LogP contribution in [0.15, 0.2) is 40.9 Å². The highest BCUT2D eigenvalue weighted by Gasteiger charge is 2.12. The van der Waals surface area contributed by atoms with Gasteiger partial charge in [-0.2, -0.15) is 0 Å². The van der Waals surface area contributed by atoms with Crippen LogP contribution in [0.1, 0.15) is 11.1 Å². The Hall–Kier alpha value is -1.88. The average molecular weight is 323 g/mol. The maximum atomic E-state index is 13.0. The fourth-order valence-electron chi connectivity index (χ4n) is 1.70. The molecule has 0 saturated heterocycles. The summed E-state index contributed by atoms with van der Waals surface area (Å²) in [6.07, 6.45) is 0. The van der Waals surface area contributed by atoms with Gasteiger partial charge in [-0.15, -0.1) is 0 Å². The van der Waals surface area contributed by atoms with E-state index < -0.39 is 0 Å². The van der Waals surface area contributed by atoms with E-state index in [4.69, 9.17) is 15.9 Å². The van der Waals surface area contributed by atoms with Crippen LogP contribution in [0, 0.1) is 18.2 Å². The third-order valence-corrected chi connectivity index (χ3v) is 3.26. The molecule has 98 valence electrons. The second-order valence-electron chi connectivity index (χ2n) is 4.04. The normalized spacial score (nSPS) is 10.3. The summed E-state index contributed by atoms with van der Waals surface area (Å²) in [5.74, 6) is 0.576. The molecule has 0 saturated carbocycles. The van der Waals surface area contributed by atoms with E-state index in [9.17, 15) is 4.39 Å². The lowest BCUT2D eigenvalue weighted by atomic mass is 10.1. The van der Waals surface area contributed by atoms with Crippen molar-refractivity contribution in [2.75, 3.05) is 0 Å². The topological polar surface area (TPSA) is 59.1 Å². The third-order valence-electron chi connectivity index (χ3n) is 2.60. The van der Waals surface area contributed by atoms with Crippen molar-refractivity contribution in [2.45, 2.75) is 6.92 Å². The number of nitrogens with two attached hydrogens (primary N) is 1. The average Bonchev–Trinajstić information content (AvgIpc) is 2.32. The first-order chi connectivity index (χ1) is 8.99.